The number of carbonyl (C=O) groups is 4. The highest BCUT2D eigenvalue weighted by Gasteiger charge is 2.25. The van der Waals surface area contributed by atoms with Gasteiger partial charge in [-0.2, -0.15) is 11.8 Å². The molecule has 1 aromatic rings. The molecule has 1 rings (SSSR count). The van der Waals surface area contributed by atoms with Gasteiger partial charge in [-0.3, -0.25) is 14.4 Å². The minimum absolute atomic E-state index is 0.0169. The number of rotatable bonds is 15. The third kappa shape index (κ3) is 22.2. The van der Waals surface area contributed by atoms with E-state index < -0.39 is 29.6 Å². The first-order valence-electron chi connectivity index (χ1n) is 14.0. The van der Waals surface area contributed by atoms with Crippen LogP contribution in [0.5, 0.6) is 0 Å². The molecule has 0 saturated carbocycles. The second-order valence-corrected chi connectivity index (χ2v) is 11.5. The number of alkyl carbamates (subject to hydrolysis) is 1. The van der Waals surface area contributed by atoms with Crippen LogP contribution in [0.3, 0.4) is 0 Å². The number of unbranched alkanes of at least 4 members (excludes halogenated alkanes) is 2. The fourth-order valence-corrected chi connectivity index (χ4v) is 4.20. The number of anilines is 1. The van der Waals surface area contributed by atoms with Gasteiger partial charge < -0.3 is 31.5 Å². The maximum atomic E-state index is 12.9. The van der Waals surface area contributed by atoms with Crippen LogP contribution in [-0.4, -0.2) is 66.7 Å². The highest BCUT2D eigenvalue weighted by molar-refractivity contribution is 7.98. The minimum Gasteiger partial charge on any atom is -0.444 e. The maximum Gasteiger partial charge on any atom is 0.408 e. The second-order valence-electron chi connectivity index (χ2n) is 10.3. The van der Waals surface area contributed by atoms with E-state index >= 15 is 0 Å². The molecule has 244 valence electrons. The van der Waals surface area contributed by atoms with Crippen molar-refractivity contribution in [3.05, 3.63) is 53.1 Å². The lowest BCUT2D eigenvalue weighted by atomic mass is 10.0. The average Bonchev–Trinajstić information content (AvgIpc) is 2.93. The first-order chi connectivity index (χ1) is 20.2. The molecule has 0 aliphatic rings. The van der Waals surface area contributed by atoms with E-state index in [2.05, 4.69) is 28.8 Å². The Bertz CT molecular complexity index is 1040. The van der Waals surface area contributed by atoms with Gasteiger partial charge in [0.2, 0.25) is 17.7 Å². The Kier molecular flexibility index (Phi) is 23.9. The van der Waals surface area contributed by atoms with Crippen LogP contribution in [0.15, 0.2) is 42.5 Å². The van der Waals surface area contributed by atoms with E-state index in [-0.39, 0.29) is 18.7 Å². The number of allylic oxidation sites excluding steroid dienone is 2. The van der Waals surface area contributed by atoms with Crippen LogP contribution in [0.25, 0.3) is 0 Å². The molecule has 12 heteroatoms. The number of aryl methyl sites for hydroxylation is 1. The first-order valence-corrected chi connectivity index (χ1v) is 15.8. The number of aliphatic hydroxyl groups is 1. The Morgan fingerprint density at radius 3 is 2.33 bits per heavy atom. The molecule has 0 saturated heterocycles. The molecule has 0 aliphatic heterocycles. The van der Waals surface area contributed by atoms with Crippen LogP contribution < -0.4 is 21.7 Å². The number of hydrogen-bond donors (Lipinski definition) is 5. The summed E-state index contributed by atoms with van der Waals surface area (Å²) in [5.41, 5.74) is 6.92. The molecule has 43 heavy (non-hydrogen) atoms. The van der Waals surface area contributed by atoms with Gasteiger partial charge in [0.15, 0.2) is 0 Å². The number of nitrogens with one attached hydrogen (secondary N) is 3. The zero-order valence-corrected chi connectivity index (χ0v) is 28.3. The van der Waals surface area contributed by atoms with E-state index in [1.807, 2.05) is 25.1 Å². The lowest BCUT2D eigenvalue weighted by Crippen LogP contribution is -2.46. The molecule has 1 atom stereocenters. The average molecular weight is 643 g/mol. The summed E-state index contributed by atoms with van der Waals surface area (Å²) in [5.74, 6) is -0.0600. The lowest BCUT2D eigenvalue weighted by molar-refractivity contribution is -0.121. The predicted molar refractivity (Wildman–Crippen MR) is 178 cm³/mol. The number of primary amides is 1. The smallest absolute Gasteiger partial charge is 0.408 e. The van der Waals surface area contributed by atoms with Crippen LogP contribution in [0.2, 0.25) is 5.02 Å². The fraction of sp³-hybridized carbons (Fsp3) is 0.548. The van der Waals surface area contributed by atoms with Gasteiger partial charge in [0.25, 0.3) is 0 Å². The molecule has 0 heterocycles. The zero-order valence-electron chi connectivity index (χ0n) is 26.7. The summed E-state index contributed by atoms with van der Waals surface area (Å²) in [7, 11) is 2.61. The standard InChI is InChI=1S/C23H35ClN4O5.C7H12S.CH4O/c1-23(2,3)33-22(32)28-17(13-14-18(25)29)21(31)27-16-11-8-10-15(20(16)24)9-6-5-7-12-19(30)26-4;1-4-5-7(2)6-8-3;1-2/h8,10-11,17H,5-7,9,12-14H2,1-4H3,(H2,25,29)(H,26,30)(H,27,31)(H,28,32);4-5H,2,6H2,1,3H3;2H,1H3/b;5-4-;. The maximum absolute atomic E-state index is 12.9. The summed E-state index contributed by atoms with van der Waals surface area (Å²) in [5, 5.41) is 15.2. The Labute approximate surface area is 266 Å². The molecule has 0 bridgehead atoms. The van der Waals surface area contributed by atoms with Crippen molar-refractivity contribution in [3.63, 3.8) is 0 Å². The Morgan fingerprint density at radius 1 is 1.14 bits per heavy atom. The van der Waals surface area contributed by atoms with Gasteiger partial charge >= 0.3 is 6.09 Å². The minimum atomic E-state index is -1.03. The molecule has 6 N–H and O–H groups in total. The fourth-order valence-electron chi connectivity index (χ4n) is 3.47. The first kappa shape index (κ1) is 42.1. The highest BCUT2D eigenvalue weighted by atomic mass is 35.5. The van der Waals surface area contributed by atoms with Gasteiger partial charge in [-0.25, -0.2) is 4.79 Å². The van der Waals surface area contributed by atoms with Gasteiger partial charge in [0.1, 0.15) is 11.6 Å². The van der Waals surface area contributed by atoms with Crippen molar-refractivity contribution in [2.24, 2.45) is 5.73 Å². The Morgan fingerprint density at radius 2 is 1.79 bits per heavy atom. The molecular weight excluding hydrogens is 592 g/mol. The van der Waals surface area contributed by atoms with Gasteiger partial charge in [-0.1, -0.05) is 48.9 Å². The number of benzene rings is 1. The van der Waals surface area contributed by atoms with E-state index in [0.717, 1.165) is 37.7 Å². The van der Waals surface area contributed by atoms with Crippen molar-refractivity contribution in [1.29, 1.82) is 0 Å². The van der Waals surface area contributed by atoms with Crippen LogP contribution in [-0.2, 0) is 25.5 Å². The summed E-state index contributed by atoms with van der Waals surface area (Å²) in [6, 6.07) is 4.28. The Balaban J connectivity index is 0. The number of amides is 4. The lowest BCUT2D eigenvalue weighted by Gasteiger charge is -2.23. The molecule has 1 unspecified atom stereocenters. The quantitative estimate of drug-likeness (QED) is 0.127. The number of nitrogens with two attached hydrogens (primary N) is 1. The Hall–Kier alpha value is -3.02. The highest BCUT2D eigenvalue weighted by Crippen LogP contribution is 2.27. The van der Waals surface area contributed by atoms with Gasteiger partial charge in [-0.05, 0) is 76.8 Å². The van der Waals surface area contributed by atoms with Crippen LogP contribution in [0.4, 0.5) is 10.5 Å². The predicted octanol–water partition coefficient (Wildman–Crippen LogP) is 5.38. The molecule has 4 amide bonds. The van der Waals surface area contributed by atoms with E-state index in [1.54, 1.807) is 51.7 Å². The topological polar surface area (TPSA) is 160 Å². The molecule has 0 radical (unpaired) electrons. The van der Waals surface area contributed by atoms with E-state index in [1.165, 1.54) is 5.57 Å². The van der Waals surface area contributed by atoms with Crippen molar-refractivity contribution in [2.45, 2.75) is 84.3 Å². The van der Waals surface area contributed by atoms with Crippen LogP contribution in [0.1, 0.15) is 71.8 Å². The van der Waals surface area contributed by atoms with Crippen molar-refractivity contribution >= 4 is 52.9 Å². The van der Waals surface area contributed by atoms with Crippen molar-refractivity contribution < 1.29 is 29.0 Å². The third-order valence-corrected chi connectivity index (χ3v) is 6.49. The number of ether oxygens (including phenoxy) is 1. The number of thioether (sulfide) groups is 1. The SMILES string of the molecule is C=C(/C=C\C)CSC.CNC(=O)CCCCCc1cccc(NC(=O)C(CCC(N)=O)NC(=O)OC(C)(C)C)c1Cl.CO. The van der Waals surface area contributed by atoms with Gasteiger partial charge in [-0.15, -0.1) is 0 Å². The molecule has 0 aromatic heterocycles. The number of carbonyl (C=O) groups excluding carboxylic acids is 4. The number of hydrogen-bond acceptors (Lipinski definition) is 7. The normalized spacial score (nSPS) is 11.2. The molecule has 0 fully saturated rings. The largest absolute Gasteiger partial charge is 0.444 e. The van der Waals surface area contributed by atoms with Crippen molar-refractivity contribution in [2.75, 3.05) is 31.5 Å². The van der Waals surface area contributed by atoms with Crippen LogP contribution in [0, 0.1) is 0 Å². The zero-order chi connectivity index (χ0) is 33.4. The molecule has 0 spiro atoms. The molecule has 1 aromatic carbocycles. The van der Waals surface area contributed by atoms with Gasteiger partial charge in [0, 0.05) is 32.8 Å². The van der Waals surface area contributed by atoms with Crippen molar-refractivity contribution in [1.82, 2.24) is 10.6 Å². The summed E-state index contributed by atoms with van der Waals surface area (Å²) in [4.78, 5) is 47.5. The number of aliphatic hydroxyl groups excluding tert-OH is 1. The van der Waals surface area contributed by atoms with Gasteiger partial charge in [0.05, 0.1) is 10.7 Å². The van der Waals surface area contributed by atoms with E-state index in [9.17, 15) is 19.2 Å². The molecule has 10 nitrogen and oxygen atoms in total. The van der Waals surface area contributed by atoms with Crippen molar-refractivity contribution in [3.8, 4) is 0 Å². The van der Waals surface area contributed by atoms with E-state index in [0.29, 0.717) is 23.6 Å². The summed E-state index contributed by atoms with van der Waals surface area (Å²) in [6.07, 6.45) is 8.96. The summed E-state index contributed by atoms with van der Waals surface area (Å²) < 4.78 is 5.21. The van der Waals surface area contributed by atoms with E-state index in [4.69, 9.17) is 27.2 Å². The monoisotopic (exact) mass is 642 g/mol. The van der Waals surface area contributed by atoms with Crippen LogP contribution >= 0.6 is 23.4 Å². The molecular formula is C31H51ClN4O6S. The summed E-state index contributed by atoms with van der Waals surface area (Å²) in [6.45, 7) is 10.9. The molecule has 0 aliphatic carbocycles. The second kappa shape index (κ2) is 24.4. The summed E-state index contributed by atoms with van der Waals surface area (Å²) >= 11 is 8.30. The number of halogens is 1. The third-order valence-electron chi connectivity index (χ3n) is 5.38.